The number of ether oxygens (including phenoxy) is 1. The second-order valence-electron chi connectivity index (χ2n) is 5.85. The van der Waals surface area contributed by atoms with Crippen molar-refractivity contribution in [3.05, 3.63) is 60.2 Å². The minimum Gasteiger partial charge on any atom is -0.497 e. The third-order valence-electron chi connectivity index (χ3n) is 3.94. The Morgan fingerprint density at radius 1 is 1.23 bits per heavy atom. The van der Waals surface area contributed by atoms with Gasteiger partial charge in [-0.3, -0.25) is 9.78 Å². The van der Waals surface area contributed by atoms with E-state index in [-0.39, 0.29) is 5.91 Å². The molecule has 1 aromatic carbocycles. The maximum atomic E-state index is 12.3. The number of rotatable bonds is 7. The van der Waals surface area contributed by atoms with Crippen LogP contribution in [0.15, 0.2) is 53.3 Å². The molecule has 0 bridgehead atoms. The first kappa shape index (κ1) is 17.6. The van der Waals surface area contributed by atoms with E-state index in [0.29, 0.717) is 31.1 Å². The molecule has 3 rings (SSSR count). The molecule has 0 aliphatic heterocycles. The van der Waals surface area contributed by atoms with Gasteiger partial charge in [0.15, 0.2) is 0 Å². The summed E-state index contributed by atoms with van der Waals surface area (Å²) in [6.45, 7) is 0.516. The van der Waals surface area contributed by atoms with E-state index in [4.69, 9.17) is 9.26 Å². The van der Waals surface area contributed by atoms with Gasteiger partial charge in [0.25, 0.3) is 0 Å². The van der Waals surface area contributed by atoms with Crippen LogP contribution in [0, 0.1) is 0 Å². The maximum absolute atomic E-state index is 12.3. The van der Waals surface area contributed by atoms with E-state index in [1.165, 1.54) is 0 Å². The van der Waals surface area contributed by atoms with Crippen LogP contribution in [0.3, 0.4) is 0 Å². The zero-order valence-electron chi connectivity index (χ0n) is 14.8. The first-order chi connectivity index (χ1) is 12.7. The third kappa shape index (κ3) is 4.44. The number of amides is 1. The molecule has 0 radical (unpaired) electrons. The number of hydrogen-bond acceptors (Lipinski definition) is 6. The topological polar surface area (TPSA) is 81.4 Å². The number of pyridine rings is 1. The Balaban J connectivity index is 1.54. The Bertz CT molecular complexity index is 864. The summed E-state index contributed by atoms with van der Waals surface area (Å²) in [6, 6.07) is 11.3. The summed E-state index contributed by atoms with van der Waals surface area (Å²) >= 11 is 0. The molecule has 2 heterocycles. The summed E-state index contributed by atoms with van der Waals surface area (Å²) in [5, 5.41) is 3.94. The van der Waals surface area contributed by atoms with Crippen LogP contribution >= 0.6 is 0 Å². The van der Waals surface area contributed by atoms with E-state index in [9.17, 15) is 4.79 Å². The number of methoxy groups -OCH3 is 1. The second-order valence-corrected chi connectivity index (χ2v) is 5.85. The van der Waals surface area contributed by atoms with Crippen LogP contribution in [-0.2, 0) is 17.8 Å². The highest BCUT2D eigenvalue weighted by Crippen LogP contribution is 2.16. The third-order valence-corrected chi connectivity index (χ3v) is 3.94. The molecular weight excluding hydrogens is 332 g/mol. The van der Waals surface area contributed by atoms with Gasteiger partial charge < -0.3 is 14.2 Å². The Hall–Kier alpha value is -3.22. The van der Waals surface area contributed by atoms with Crippen molar-refractivity contribution in [2.24, 2.45) is 0 Å². The molecule has 134 valence electrons. The SMILES string of the molecule is COc1cccc(CN(C)C(=O)CCc2nc(-c3ccncc3)no2)c1. The molecule has 0 saturated heterocycles. The molecule has 3 aromatic rings. The Morgan fingerprint density at radius 2 is 2.04 bits per heavy atom. The van der Waals surface area contributed by atoms with E-state index in [1.54, 1.807) is 31.5 Å². The highest BCUT2D eigenvalue weighted by Gasteiger charge is 2.14. The molecule has 26 heavy (non-hydrogen) atoms. The summed E-state index contributed by atoms with van der Waals surface area (Å²) in [5.41, 5.74) is 1.84. The lowest BCUT2D eigenvalue weighted by Gasteiger charge is -2.17. The summed E-state index contributed by atoms with van der Waals surface area (Å²) < 4.78 is 10.4. The van der Waals surface area contributed by atoms with Crippen molar-refractivity contribution in [2.45, 2.75) is 19.4 Å². The van der Waals surface area contributed by atoms with Crippen molar-refractivity contribution in [3.8, 4) is 17.1 Å². The average Bonchev–Trinajstić information content (AvgIpc) is 3.16. The molecule has 7 nitrogen and oxygen atoms in total. The number of aryl methyl sites for hydroxylation is 1. The highest BCUT2D eigenvalue weighted by atomic mass is 16.5. The van der Waals surface area contributed by atoms with Gasteiger partial charge in [0.05, 0.1) is 7.11 Å². The lowest BCUT2D eigenvalue weighted by Crippen LogP contribution is -2.26. The van der Waals surface area contributed by atoms with Crippen molar-refractivity contribution >= 4 is 5.91 Å². The van der Waals surface area contributed by atoms with Crippen LogP contribution in [0.25, 0.3) is 11.4 Å². The van der Waals surface area contributed by atoms with Gasteiger partial charge in [-0.2, -0.15) is 4.98 Å². The van der Waals surface area contributed by atoms with Crippen molar-refractivity contribution in [1.82, 2.24) is 20.0 Å². The van der Waals surface area contributed by atoms with Crippen LogP contribution < -0.4 is 4.74 Å². The van der Waals surface area contributed by atoms with Gasteiger partial charge in [-0.15, -0.1) is 0 Å². The summed E-state index contributed by atoms with van der Waals surface area (Å²) in [7, 11) is 3.40. The Morgan fingerprint density at radius 3 is 2.81 bits per heavy atom. The zero-order valence-corrected chi connectivity index (χ0v) is 14.8. The summed E-state index contributed by atoms with van der Waals surface area (Å²) in [5.74, 6) is 1.73. The predicted octanol–water partition coefficient (Wildman–Crippen LogP) is 2.73. The van der Waals surface area contributed by atoms with Crippen molar-refractivity contribution in [2.75, 3.05) is 14.2 Å². The van der Waals surface area contributed by atoms with Crippen LogP contribution in [-0.4, -0.2) is 40.1 Å². The van der Waals surface area contributed by atoms with Gasteiger partial charge in [0.2, 0.25) is 17.6 Å². The molecule has 0 unspecified atom stereocenters. The molecular formula is C19H20N4O3. The standard InChI is InChI=1S/C19H20N4O3/c1-23(13-14-4-3-5-16(12-14)25-2)18(24)7-6-17-21-19(22-26-17)15-8-10-20-11-9-15/h3-5,8-12H,6-7,13H2,1-2H3. The molecule has 0 saturated carbocycles. The van der Waals surface area contributed by atoms with Gasteiger partial charge in [-0.25, -0.2) is 0 Å². The smallest absolute Gasteiger partial charge is 0.227 e. The lowest BCUT2D eigenvalue weighted by molar-refractivity contribution is -0.130. The van der Waals surface area contributed by atoms with Gasteiger partial charge in [-0.05, 0) is 29.8 Å². The van der Waals surface area contributed by atoms with Crippen molar-refractivity contribution in [3.63, 3.8) is 0 Å². The van der Waals surface area contributed by atoms with E-state index < -0.39 is 0 Å². The largest absolute Gasteiger partial charge is 0.497 e. The van der Waals surface area contributed by atoms with Gasteiger partial charge >= 0.3 is 0 Å². The van der Waals surface area contributed by atoms with E-state index in [2.05, 4.69) is 15.1 Å². The van der Waals surface area contributed by atoms with Crippen LogP contribution in [0.5, 0.6) is 5.75 Å². The summed E-state index contributed by atoms with van der Waals surface area (Å²) in [4.78, 5) is 22.3. The quantitative estimate of drug-likeness (QED) is 0.650. The molecule has 2 aromatic heterocycles. The molecule has 0 aliphatic rings. The monoisotopic (exact) mass is 352 g/mol. The number of benzene rings is 1. The lowest BCUT2D eigenvalue weighted by atomic mass is 10.2. The van der Waals surface area contributed by atoms with E-state index in [0.717, 1.165) is 16.9 Å². The highest BCUT2D eigenvalue weighted by molar-refractivity contribution is 5.76. The van der Waals surface area contributed by atoms with E-state index >= 15 is 0 Å². The maximum Gasteiger partial charge on any atom is 0.227 e. The molecule has 7 heteroatoms. The summed E-state index contributed by atoms with van der Waals surface area (Å²) in [6.07, 6.45) is 4.04. The minimum atomic E-state index is 0.0106. The minimum absolute atomic E-state index is 0.0106. The number of carbonyl (C=O) groups excluding carboxylic acids is 1. The number of carbonyl (C=O) groups is 1. The molecule has 0 fully saturated rings. The molecule has 1 amide bonds. The molecule has 0 aliphatic carbocycles. The molecule has 0 N–H and O–H groups in total. The van der Waals surface area contributed by atoms with Gasteiger partial charge in [0.1, 0.15) is 5.75 Å². The number of aromatic nitrogens is 3. The Kier molecular flexibility index (Phi) is 5.58. The zero-order chi connectivity index (χ0) is 18.4. The molecule has 0 atom stereocenters. The van der Waals surface area contributed by atoms with Crippen LogP contribution in [0.4, 0.5) is 0 Å². The van der Waals surface area contributed by atoms with E-state index in [1.807, 2.05) is 36.4 Å². The first-order valence-electron chi connectivity index (χ1n) is 8.25. The average molecular weight is 352 g/mol. The van der Waals surface area contributed by atoms with Gasteiger partial charge in [0, 0.05) is 44.4 Å². The van der Waals surface area contributed by atoms with Crippen molar-refractivity contribution < 1.29 is 14.1 Å². The second kappa shape index (κ2) is 8.24. The Labute approximate surface area is 151 Å². The van der Waals surface area contributed by atoms with Gasteiger partial charge in [-0.1, -0.05) is 17.3 Å². The fourth-order valence-corrected chi connectivity index (χ4v) is 2.51. The number of hydrogen-bond donors (Lipinski definition) is 0. The number of nitrogens with zero attached hydrogens (tertiary/aromatic N) is 4. The van der Waals surface area contributed by atoms with Crippen molar-refractivity contribution in [1.29, 1.82) is 0 Å². The normalized spacial score (nSPS) is 10.5. The first-order valence-corrected chi connectivity index (χ1v) is 8.25. The van der Waals surface area contributed by atoms with Crippen LogP contribution in [0.2, 0.25) is 0 Å². The fraction of sp³-hybridized carbons (Fsp3) is 0.263. The van der Waals surface area contributed by atoms with Crippen LogP contribution in [0.1, 0.15) is 17.9 Å². The molecule has 0 spiro atoms. The fourth-order valence-electron chi connectivity index (χ4n) is 2.51. The predicted molar refractivity (Wildman–Crippen MR) is 95.3 cm³/mol.